The minimum absolute atomic E-state index is 0.0723. The van der Waals surface area contributed by atoms with Gasteiger partial charge in [0.2, 0.25) is 0 Å². The average molecular weight is 414 g/mol. The summed E-state index contributed by atoms with van der Waals surface area (Å²) in [4.78, 5) is 12.8. The van der Waals surface area contributed by atoms with Crippen LogP contribution >= 0.6 is 0 Å². The van der Waals surface area contributed by atoms with Gasteiger partial charge in [0.1, 0.15) is 11.4 Å². The van der Waals surface area contributed by atoms with Gasteiger partial charge in [-0.1, -0.05) is 0 Å². The fourth-order valence-electron chi connectivity index (χ4n) is 3.17. The molecule has 1 aromatic heterocycles. The number of benzene rings is 1. The lowest BCUT2D eigenvalue weighted by Crippen LogP contribution is -2.32. The van der Waals surface area contributed by atoms with E-state index in [1.54, 1.807) is 24.4 Å². The van der Waals surface area contributed by atoms with Crippen molar-refractivity contribution in [3.8, 4) is 11.8 Å². The SMILES string of the molecule is CC1(C)C=C(n2ccc(CCCOS(C)(=O)=O)cc2=O)c2cc(C#N)ccc2O1. The number of aryl methyl sites for hydroxylation is 1. The fourth-order valence-corrected chi connectivity index (χ4v) is 3.59. The van der Waals surface area contributed by atoms with E-state index in [1.165, 1.54) is 10.6 Å². The van der Waals surface area contributed by atoms with Gasteiger partial charge in [0.25, 0.3) is 15.7 Å². The molecule has 8 heteroatoms. The largest absolute Gasteiger partial charge is 0.483 e. The molecule has 0 amide bonds. The zero-order valence-corrected chi connectivity index (χ0v) is 17.3. The van der Waals surface area contributed by atoms with Crippen LogP contribution in [-0.2, 0) is 20.7 Å². The van der Waals surface area contributed by atoms with Crippen LogP contribution in [0.1, 0.15) is 37.0 Å². The highest BCUT2D eigenvalue weighted by atomic mass is 32.2. The summed E-state index contributed by atoms with van der Waals surface area (Å²) >= 11 is 0. The Bertz CT molecular complexity index is 1170. The van der Waals surface area contributed by atoms with Crippen LogP contribution < -0.4 is 10.3 Å². The second-order valence-corrected chi connectivity index (χ2v) is 9.07. The molecule has 29 heavy (non-hydrogen) atoms. The number of rotatable bonds is 6. The van der Waals surface area contributed by atoms with Crippen LogP contribution in [0.4, 0.5) is 0 Å². The molecule has 1 aliphatic heterocycles. The maximum absolute atomic E-state index is 12.8. The van der Waals surface area contributed by atoms with E-state index in [1.807, 2.05) is 26.0 Å². The molecule has 7 nitrogen and oxygen atoms in total. The molecule has 0 fully saturated rings. The molecule has 3 rings (SSSR count). The van der Waals surface area contributed by atoms with E-state index in [4.69, 9.17) is 8.92 Å². The quantitative estimate of drug-likeness (QED) is 0.532. The Morgan fingerprint density at radius 1 is 1.24 bits per heavy atom. The van der Waals surface area contributed by atoms with Gasteiger partial charge in [-0.25, -0.2) is 0 Å². The summed E-state index contributed by atoms with van der Waals surface area (Å²) in [6, 6.07) is 10.6. The highest BCUT2D eigenvalue weighted by molar-refractivity contribution is 7.85. The maximum atomic E-state index is 12.8. The van der Waals surface area contributed by atoms with E-state index in [0.717, 1.165) is 11.8 Å². The molecule has 2 aromatic rings. The zero-order chi connectivity index (χ0) is 21.2. The Hall–Kier alpha value is -2.89. The van der Waals surface area contributed by atoms with Gasteiger partial charge in [0.05, 0.1) is 30.2 Å². The lowest BCUT2D eigenvalue weighted by atomic mass is 9.97. The van der Waals surface area contributed by atoms with Crippen LogP contribution in [0.3, 0.4) is 0 Å². The smallest absolute Gasteiger partial charge is 0.264 e. The Balaban J connectivity index is 1.89. The average Bonchev–Trinajstić information content (AvgIpc) is 2.63. The third kappa shape index (κ3) is 5.13. The standard InChI is InChI=1S/C21H22N2O5S/c1-21(2)13-18(17-11-16(14-22)6-7-19(17)28-21)23-9-8-15(12-20(23)24)5-4-10-27-29(3,25)26/h6-9,11-13H,4-5,10H2,1-3H3. The predicted octanol–water partition coefficient (Wildman–Crippen LogP) is 2.69. The molecule has 0 unspecified atom stereocenters. The van der Waals surface area contributed by atoms with Gasteiger partial charge < -0.3 is 4.74 Å². The lowest BCUT2D eigenvalue weighted by molar-refractivity contribution is 0.157. The van der Waals surface area contributed by atoms with Gasteiger partial charge in [0, 0.05) is 17.8 Å². The third-order valence-corrected chi connectivity index (χ3v) is 4.99. The summed E-state index contributed by atoms with van der Waals surface area (Å²) in [5.41, 5.74) is 1.78. The summed E-state index contributed by atoms with van der Waals surface area (Å²) in [6.45, 7) is 3.87. The molecule has 152 valence electrons. The van der Waals surface area contributed by atoms with Crippen LogP contribution in [0.15, 0.2) is 47.4 Å². The van der Waals surface area contributed by atoms with E-state index < -0.39 is 15.7 Å². The minimum atomic E-state index is -3.46. The monoisotopic (exact) mass is 414 g/mol. The van der Waals surface area contributed by atoms with Gasteiger partial charge in [-0.15, -0.1) is 0 Å². The van der Waals surface area contributed by atoms with Crippen molar-refractivity contribution in [2.75, 3.05) is 12.9 Å². The second kappa shape index (κ2) is 7.85. The van der Waals surface area contributed by atoms with E-state index in [2.05, 4.69) is 6.07 Å². The summed E-state index contributed by atoms with van der Waals surface area (Å²) < 4.78 is 34.2. The van der Waals surface area contributed by atoms with E-state index in [-0.39, 0.29) is 12.2 Å². The number of hydrogen-bond donors (Lipinski definition) is 0. The van der Waals surface area contributed by atoms with Gasteiger partial charge in [-0.2, -0.15) is 13.7 Å². The molecule has 0 atom stereocenters. The molecule has 0 saturated heterocycles. The maximum Gasteiger partial charge on any atom is 0.264 e. The van der Waals surface area contributed by atoms with E-state index in [0.29, 0.717) is 35.4 Å². The summed E-state index contributed by atoms with van der Waals surface area (Å²) in [6.07, 6.45) is 5.55. The number of hydrogen-bond acceptors (Lipinski definition) is 6. The van der Waals surface area contributed by atoms with Gasteiger partial charge >= 0.3 is 0 Å². The summed E-state index contributed by atoms with van der Waals surface area (Å²) in [5, 5.41) is 9.22. The van der Waals surface area contributed by atoms with Gasteiger partial charge in [-0.3, -0.25) is 13.5 Å². The molecule has 0 aliphatic carbocycles. The summed E-state index contributed by atoms with van der Waals surface area (Å²) in [5.74, 6) is 0.611. The zero-order valence-electron chi connectivity index (χ0n) is 16.5. The number of fused-ring (bicyclic) bond motifs is 1. The topological polar surface area (TPSA) is 98.4 Å². The Kier molecular flexibility index (Phi) is 5.64. The third-order valence-electron chi connectivity index (χ3n) is 4.39. The lowest BCUT2D eigenvalue weighted by Gasteiger charge is -2.31. The number of nitrogens with zero attached hydrogens (tertiary/aromatic N) is 2. The van der Waals surface area contributed by atoms with Crippen LogP contribution in [0, 0.1) is 11.3 Å². The second-order valence-electron chi connectivity index (χ2n) is 7.43. The molecule has 0 saturated carbocycles. The molecule has 0 radical (unpaired) electrons. The molecule has 0 N–H and O–H groups in total. The number of aromatic nitrogens is 1. The normalized spacial score (nSPS) is 15.0. The summed E-state index contributed by atoms with van der Waals surface area (Å²) in [7, 11) is -3.46. The van der Waals surface area contributed by atoms with Gasteiger partial charge in [-0.05, 0) is 62.6 Å². The molecule has 2 heterocycles. The highest BCUT2D eigenvalue weighted by Gasteiger charge is 2.28. The molecule has 1 aliphatic rings. The Morgan fingerprint density at radius 3 is 2.66 bits per heavy atom. The van der Waals surface area contributed by atoms with Crippen LogP contribution in [0.5, 0.6) is 5.75 Å². The number of pyridine rings is 1. The Morgan fingerprint density at radius 2 is 2.00 bits per heavy atom. The Labute approximate surface area is 169 Å². The molecule has 0 bridgehead atoms. The van der Waals surface area contributed by atoms with Crippen molar-refractivity contribution in [1.82, 2.24) is 4.57 Å². The number of ether oxygens (including phenoxy) is 1. The van der Waals surface area contributed by atoms with Crippen LogP contribution in [-0.4, -0.2) is 31.4 Å². The molecular weight excluding hydrogens is 392 g/mol. The highest BCUT2D eigenvalue weighted by Crippen LogP contribution is 2.36. The van der Waals surface area contributed by atoms with Crippen molar-refractivity contribution in [3.63, 3.8) is 0 Å². The first-order valence-corrected chi connectivity index (χ1v) is 10.9. The first kappa shape index (κ1) is 20.8. The van der Waals surface area contributed by atoms with E-state index >= 15 is 0 Å². The van der Waals surface area contributed by atoms with Crippen molar-refractivity contribution >= 4 is 15.8 Å². The van der Waals surface area contributed by atoms with Crippen LogP contribution in [0.25, 0.3) is 5.70 Å². The van der Waals surface area contributed by atoms with Crippen molar-refractivity contribution in [3.05, 3.63) is 69.6 Å². The van der Waals surface area contributed by atoms with E-state index in [9.17, 15) is 18.5 Å². The van der Waals surface area contributed by atoms with Crippen molar-refractivity contribution in [2.24, 2.45) is 0 Å². The molecular formula is C21H22N2O5S. The molecule has 0 spiro atoms. The van der Waals surface area contributed by atoms with Crippen LogP contribution in [0.2, 0.25) is 0 Å². The first-order chi connectivity index (χ1) is 13.6. The first-order valence-electron chi connectivity index (χ1n) is 9.11. The fraction of sp³-hybridized carbons (Fsp3) is 0.333. The van der Waals surface area contributed by atoms with Crippen molar-refractivity contribution in [2.45, 2.75) is 32.3 Å². The van der Waals surface area contributed by atoms with Crippen molar-refractivity contribution in [1.29, 1.82) is 5.26 Å². The predicted molar refractivity (Wildman–Crippen MR) is 109 cm³/mol. The molecule has 1 aromatic carbocycles. The minimum Gasteiger partial charge on any atom is -0.483 e. The van der Waals surface area contributed by atoms with Crippen molar-refractivity contribution < 1.29 is 17.3 Å². The van der Waals surface area contributed by atoms with Gasteiger partial charge in [0.15, 0.2) is 0 Å². The number of nitriles is 1.